The second-order valence-electron chi connectivity index (χ2n) is 3.53. The molecule has 0 aliphatic heterocycles. The van der Waals surface area contributed by atoms with Crippen molar-refractivity contribution in [3.8, 4) is 0 Å². The van der Waals surface area contributed by atoms with Crippen LogP contribution < -0.4 is 15.9 Å². The normalized spacial score (nSPS) is 12.6. The molecule has 0 aromatic rings. The number of rotatable bonds is 5. The SMILES string of the molecule is CC(O)C(=O)[O-].CC(O)C(=O)[O-].NC(CC(=O)O)C(=O)O.[Fe+2]. The van der Waals surface area contributed by atoms with E-state index in [0.717, 1.165) is 13.8 Å². The minimum atomic E-state index is -1.44. The van der Waals surface area contributed by atoms with Crippen LogP contribution in [0.5, 0.6) is 0 Å². The Kier molecular flexibility index (Phi) is 20.3. The molecule has 12 heteroatoms. The van der Waals surface area contributed by atoms with Gasteiger partial charge in [0.1, 0.15) is 6.04 Å². The Bertz CT molecular complexity index is 340. The summed E-state index contributed by atoms with van der Waals surface area (Å²) in [7, 11) is 0. The van der Waals surface area contributed by atoms with E-state index < -0.39 is 48.5 Å². The average Bonchev–Trinajstić information content (AvgIpc) is 2.29. The first-order valence-corrected chi connectivity index (χ1v) is 5.30. The van der Waals surface area contributed by atoms with Crippen LogP contribution in [0.2, 0.25) is 0 Å². The molecule has 0 spiro atoms. The third kappa shape index (κ3) is 26.8. The van der Waals surface area contributed by atoms with Crippen LogP contribution in [0, 0.1) is 0 Å². The second-order valence-corrected chi connectivity index (χ2v) is 3.53. The Labute approximate surface area is 135 Å². The van der Waals surface area contributed by atoms with Crippen molar-refractivity contribution >= 4 is 23.9 Å². The average molecular weight is 367 g/mol. The van der Waals surface area contributed by atoms with E-state index in [-0.39, 0.29) is 17.1 Å². The number of carboxylic acids is 4. The Hall–Kier alpha value is -1.72. The molecule has 0 aromatic carbocycles. The molecule has 0 saturated carbocycles. The van der Waals surface area contributed by atoms with E-state index in [4.69, 9.17) is 26.2 Å². The molecule has 0 amide bonds. The van der Waals surface area contributed by atoms with Crippen molar-refractivity contribution in [2.24, 2.45) is 5.73 Å². The molecule has 11 nitrogen and oxygen atoms in total. The van der Waals surface area contributed by atoms with Crippen molar-refractivity contribution < 1.29 is 66.9 Å². The number of aliphatic hydroxyl groups excluding tert-OH is 2. The monoisotopic (exact) mass is 367 g/mol. The minimum absolute atomic E-state index is 0. The molecular formula is C10H17FeNO10. The Balaban J connectivity index is -0.000000112. The fourth-order valence-corrected chi connectivity index (χ4v) is 0.275. The smallest absolute Gasteiger partial charge is 0.547 e. The molecule has 0 heterocycles. The first-order valence-electron chi connectivity index (χ1n) is 5.30. The van der Waals surface area contributed by atoms with Crippen molar-refractivity contribution in [3.05, 3.63) is 0 Å². The summed E-state index contributed by atoms with van der Waals surface area (Å²) in [5.74, 6) is -5.37. The zero-order chi connectivity index (χ0) is 17.7. The van der Waals surface area contributed by atoms with Gasteiger partial charge >= 0.3 is 29.0 Å². The number of aliphatic carboxylic acids is 4. The largest absolute Gasteiger partial charge is 2.00 e. The van der Waals surface area contributed by atoms with Crippen LogP contribution in [0.4, 0.5) is 0 Å². The van der Waals surface area contributed by atoms with Crippen LogP contribution in [0.25, 0.3) is 0 Å². The van der Waals surface area contributed by atoms with Gasteiger partial charge in [-0.05, 0) is 13.8 Å². The molecule has 0 aliphatic rings. The second kappa shape index (κ2) is 15.7. The van der Waals surface area contributed by atoms with E-state index in [9.17, 15) is 29.4 Å². The summed E-state index contributed by atoms with van der Waals surface area (Å²) in [6, 6.07) is -1.29. The van der Waals surface area contributed by atoms with Crippen LogP contribution in [0.1, 0.15) is 20.3 Å². The number of carbonyl (C=O) groups is 4. The minimum Gasteiger partial charge on any atom is -0.547 e. The van der Waals surface area contributed by atoms with Gasteiger partial charge in [-0.15, -0.1) is 0 Å². The molecule has 0 aliphatic carbocycles. The van der Waals surface area contributed by atoms with Crippen molar-refractivity contribution in [2.45, 2.75) is 38.5 Å². The van der Waals surface area contributed by atoms with Gasteiger partial charge in [0.25, 0.3) is 0 Å². The number of carbonyl (C=O) groups excluding carboxylic acids is 2. The summed E-state index contributed by atoms with van der Waals surface area (Å²) in [6.07, 6.45) is -3.22. The maximum atomic E-state index is 9.85. The number of hydrogen-bond donors (Lipinski definition) is 5. The van der Waals surface area contributed by atoms with E-state index in [2.05, 4.69) is 0 Å². The Morgan fingerprint density at radius 1 is 0.955 bits per heavy atom. The number of hydrogen-bond acceptors (Lipinski definition) is 9. The van der Waals surface area contributed by atoms with Crippen molar-refractivity contribution in [1.82, 2.24) is 0 Å². The quantitative estimate of drug-likeness (QED) is 0.290. The zero-order valence-corrected chi connectivity index (χ0v) is 12.7. The van der Waals surface area contributed by atoms with Gasteiger partial charge in [-0.2, -0.15) is 0 Å². The summed E-state index contributed by atoms with van der Waals surface area (Å²) < 4.78 is 0. The van der Waals surface area contributed by atoms with Gasteiger partial charge in [0.2, 0.25) is 0 Å². The number of aliphatic hydroxyl groups is 2. The standard InChI is InChI=1S/C4H7NO4.2C3H6O3.Fe/c5-2(4(8)9)1-3(6)7;2*1-2(4)3(5)6;/h2H,1,5H2,(H,6,7)(H,8,9);2*2,4H,1H3,(H,5,6);/q;;;+2/p-2. The van der Waals surface area contributed by atoms with Crippen molar-refractivity contribution in [2.75, 3.05) is 0 Å². The summed E-state index contributed by atoms with van der Waals surface area (Å²) >= 11 is 0. The van der Waals surface area contributed by atoms with Gasteiger partial charge in [-0.25, -0.2) is 0 Å². The van der Waals surface area contributed by atoms with Crippen LogP contribution in [-0.4, -0.2) is 62.6 Å². The van der Waals surface area contributed by atoms with Gasteiger partial charge in [-0.3, -0.25) is 9.59 Å². The molecule has 0 rings (SSSR count). The number of nitrogens with two attached hydrogens (primary N) is 1. The molecule has 0 aromatic heterocycles. The third-order valence-electron chi connectivity index (χ3n) is 1.39. The van der Waals surface area contributed by atoms with E-state index in [1.54, 1.807) is 0 Å². The molecule has 3 unspecified atom stereocenters. The Morgan fingerprint density at radius 2 is 1.18 bits per heavy atom. The maximum absolute atomic E-state index is 9.85. The number of carboxylic acid groups (broad SMARTS) is 4. The fourth-order valence-electron chi connectivity index (χ4n) is 0.275. The van der Waals surface area contributed by atoms with Crippen molar-refractivity contribution in [1.29, 1.82) is 0 Å². The molecular weight excluding hydrogens is 350 g/mol. The van der Waals surface area contributed by atoms with E-state index in [1.807, 2.05) is 0 Å². The summed E-state index contributed by atoms with van der Waals surface area (Å²) in [4.78, 5) is 38.3. The molecule has 0 radical (unpaired) electrons. The van der Waals surface area contributed by atoms with Crippen molar-refractivity contribution in [3.63, 3.8) is 0 Å². The zero-order valence-electron chi connectivity index (χ0n) is 11.6. The first-order chi connectivity index (χ1) is 9.32. The summed E-state index contributed by atoms with van der Waals surface area (Å²) in [6.45, 7) is 2.27. The third-order valence-corrected chi connectivity index (χ3v) is 1.39. The van der Waals surface area contributed by atoms with Gasteiger partial charge in [0.15, 0.2) is 0 Å². The van der Waals surface area contributed by atoms with Gasteiger partial charge < -0.3 is 46.0 Å². The van der Waals surface area contributed by atoms with Gasteiger partial charge in [0.05, 0.1) is 30.6 Å². The van der Waals surface area contributed by atoms with E-state index in [1.165, 1.54) is 0 Å². The molecule has 3 atom stereocenters. The van der Waals surface area contributed by atoms with Gasteiger partial charge in [-0.1, -0.05) is 0 Å². The molecule has 130 valence electrons. The predicted octanol–water partition coefficient (Wildman–Crippen LogP) is -4.90. The topological polar surface area (TPSA) is 221 Å². The molecule has 6 N–H and O–H groups in total. The van der Waals surface area contributed by atoms with Gasteiger partial charge in [0, 0.05) is 0 Å². The van der Waals surface area contributed by atoms with Crippen LogP contribution in [0.3, 0.4) is 0 Å². The molecule has 0 saturated heterocycles. The maximum Gasteiger partial charge on any atom is 2.00 e. The summed E-state index contributed by atoms with van der Waals surface area (Å²) in [5, 5.41) is 50.6. The summed E-state index contributed by atoms with van der Waals surface area (Å²) in [5.41, 5.74) is 4.84. The van der Waals surface area contributed by atoms with E-state index >= 15 is 0 Å². The van der Waals surface area contributed by atoms with Crippen LogP contribution in [0.15, 0.2) is 0 Å². The van der Waals surface area contributed by atoms with Crippen LogP contribution >= 0.6 is 0 Å². The Morgan fingerprint density at radius 3 is 1.23 bits per heavy atom. The van der Waals surface area contributed by atoms with Crippen LogP contribution in [-0.2, 0) is 36.2 Å². The molecule has 0 bridgehead atoms. The predicted molar refractivity (Wildman–Crippen MR) is 61.2 cm³/mol. The molecule has 0 fully saturated rings. The fraction of sp³-hybridized carbons (Fsp3) is 0.600. The molecule has 22 heavy (non-hydrogen) atoms. The first kappa shape index (κ1) is 28.4. The van der Waals surface area contributed by atoms with E-state index in [0.29, 0.717) is 0 Å².